The second-order valence-corrected chi connectivity index (χ2v) is 3.58. The molecule has 16 heavy (non-hydrogen) atoms. The molecule has 1 saturated heterocycles. The van der Waals surface area contributed by atoms with Gasteiger partial charge in [-0.25, -0.2) is 9.78 Å². The molecule has 2 heterocycles. The first-order chi connectivity index (χ1) is 7.75. The van der Waals surface area contributed by atoms with Gasteiger partial charge in [0.05, 0.1) is 25.1 Å². The molecular weight excluding hydrogens is 208 g/mol. The molecule has 0 saturated carbocycles. The van der Waals surface area contributed by atoms with E-state index in [2.05, 4.69) is 15.3 Å². The second-order valence-electron chi connectivity index (χ2n) is 3.58. The lowest BCUT2D eigenvalue weighted by molar-refractivity contribution is 0.0564. The van der Waals surface area contributed by atoms with E-state index >= 15 is 0 Å². The number of urea groups is 1. The lowest BCUT2D eigenvalue weighted by atomic mass is 10.4. The minimum atomic E-state index is -0.150. The molecule has 6 heteroatoms. The monoisotopic (exact) mass is 222 g/mol. The molecule has 1 aliphatic rings. The average molecular weight is 222 g/mol. The molecule has 0 unspecified atom stereocenters. The van der Waals surface area contributed by atoms with E-state index in [4.69, 9.17) is 4.74 Å². The number of aryl methyl sites for hydroxylation is 1. The van der Waals surface area contributed by atoms with Gasteiger partial charge in [-0.3, -0.25) is 10.3 Å². The first-order valence-electron chi connectivity index (χ1n) is 5.18. The van der Waals surface area contributed by atoms with Crippen molar-refractivity contribution in [2.75, 3.05) is 31.6 Å². The third kappa shape index (κ3) is 2.66. The highest BCUT2D eigenvalue weighted by Gasteiger charge is 2.16. The maximum atomic E-state index is 11.8. The van der Waals surface area contributed by atoms with Crippen LogP contribution in [0, 0.1) is 6.92 Å². The fourth-order valence-corrected chi connectivity index (χ4v) is 1.48. The number of rotatable bonds is 1. The van der Waals surface area contributed by atoms with Gasteiger partial charge in [0, 0.05) is 19.3 Å². The second kappa shape index (κ2) is 4.89. The van der Waals surface area contributed by atoms with E-state index in [1.807, 2.05) is 6.92 Å². The van der Waals surface area contributed by atoms with Crippen molar-refractivity contribution < 1.29 is 9.53 Å². The Morgan fingerprint density at radius 3 is 2.88 bits per heavy atom. The maximum absolute atomic E-state index is 11.8. The summed E-state index contributed by atoms with van der Waals surface area (Å²) >= 11 is 0. The number of carbonyl (C=O) groups excluding carboxylic acids is 1. The zero-order chi connectivity index (χ0) is 11.4. The highest BCUT2D eigenvalue weighted by atomic mass is 16.5. The Hall–Kier alpha value is -1.69. The summed E-state index contributed by atoms with van der Waals surface area (Å²) in [7, 11) is 0. The van der Waals surface area contributed by atoms with Gasteiger partial charge in [-0.15, -0.1) is 0 Å². The van der Waals surface area contributed by atoms with Crippen LogP contribution < -0.4 is 5.32 Å². The van der Waals surface area contributed by atoms with Crippen molar-refractivity contribution in [1.29, 1.82) is 0 Å². The predicted molar refractivity (Wildman–Crippen MR) is 58.2 cm³/mol. The molecule has 1 N–H and O–H groups in total. The summed E-state index contributed by atoms with van der Waals surface area (Å²) in [5.41, 5.74) is 0.778. The van der Waals surface area contributed by atoms with Gasteiger partial charge in [0.1, 0.15) is 0 Å². The molecular formula is C10H14N4O2. The number of hydrogen-bond acceptors (Lipinski definition) is 4. The van der Waals surface area contributed by atoms with Crippen molar-refractivity contribution in [2.45, 2.75) is 6.92 Å². The molecule has 86 valence electrons. The molecule has 1 aromatic heterocycles. The third-order valence-corrected chi connectivity index (χ3v) is 2.29. The number of carbonyl (C=O) groups is 1. The van der Waals surface area contributed by atoms with Crippen LogP contribution in [0.15, 0.2) is 12.4 Å². The minimum absolute atomic E-state index is 0.150. The number of nitrogens with one attached hydrogen (secondary N) is 1. The van der Waals surface area contributed by atoms with E-state index < -0.39 is 0 Å². The van der Waals surface area contributed by atoms with Crippen molar-refractivity contribution in [1.82, 2.24) is 14.9 Å². The van der Waals surface area contributed by atoms with Gasteiger partial charge >= 0.3 is 6.03 Å². The fourth-order valence-electron chi connectivity index (χ4n) is 1.48. The Balaban J connectivity index is 1.96. The third-order valence-electron chi connectivity index (χ3n) is 2.29. The van der Waals surface area contributed by atoms with Crippen LogP contribution in [-0.2, 0) is 4.74 Å². The molecule has 1 fully saturated rings. The quantitative estimate of drug-likeness (QED) is 0.757. The van der Waals surface area contributed by atoms with E-state index in [1.54, 1.807) is 11.1 Å². The Kier molecular flexibility index (Phi) is 3.31. The summed E-state index contributed by atoms with van der Waals surface area (Å²) in [5.74, 6) is 0.483. The van der Waals surface area contributed by atoms with E-state index in [0.29, 0.717) is 32.1 Å². The summed E-state index contributed by atoms with van der Waals surface area (Å²) in [6.07, 6.45) is 3.18. The Morgan fingerprint density at radius 1 is 1.44 bits per heavy atom. The van der Waals surface area contributed by atoms with E-state index in [1.165, 1.54) is 6.20 Å². The Bertz CT molecular complexity index is 377. The molecule has 2 amide bonds. The predicted octanol–water partition coefficient (Wildman–Crippen LogP) is 0.649. The topological polar surface area (TPSA) is 67.4 Å². The summed E-state index contributed by atoms with van der Waals surface area (Å²) in [6, 6.07) is -0.150. The van der Waals surface area contributed by atoms with Gasteiger partial charge in [0.25, 0.3) is 0 Å². The Labute approximate surface area is 93.6 Å². The number of nitrogens with zero attached hydrogens (tertiary/aromatic N) is 3. The van der Waals surface area contributed by atoms with Crippen molar-refractivity contribution in [3.63, 3.8) is 0 Å². The molecule has 2 rings (SSSR count). The molecule has 6 nitrogen and oxygen atoms in total. The van der Waals surface area contributed by atoms with Gasteiger partial charge in [0.15, 0.2) is 5.82 Å². The van der Waals surface area contributed by atoms with Gasteiger partial charge in [-0.05, 0) is 6.92 Å². The van der Waals surface area contributed by atoms with Crippen LogP contribution in [0.3, 0.4) is 0 Å². The van der Waals surface area contributed by atoms with Gasteiger partial charge in [0.2, 0.25) is 0 Å². The molecule has 0 spiro atoms. The standard InChI is InChI=1S/C10H14N4O2/c1-8-6-11-7-9(12-8)13-10(15)14-2-4-16-5-3-14/h6-7H,2-5H2,1H3,(H,12,13,15). The van der Waals surface area contributed by atoms with Crippen molar-refractivity contribution in [2.24, 2.45) is 0 Å². The van der Waals surface area contributed by atoms with Crippen LogP contribution in [-0.4, -0.2) is 47.2 Å². The largest absolute Gasteiger partial charge is 0.378 e. The van der Waals surface area contributed by atoms with E-state index in [-0.39, 0.29) is 6.03 Å². The van der Waals surface area contributed by atoms with Crippen LogP contribution in [0.2, 0.25) is 0 Å². The van der Waals surface area contributed by atoms with Gasteiger partial charge in [-0.2, -0.15) is 0 Å². The number of morpholine rings is 1. The smallest absolute Gasteiger partial charge is 0.323 e. The number of anilines is 1. The van der Waals surface area contributed by atoms with Crippen LogP contribution in [0.4, 0.5) is 10.6 Å². The van der Waals surface area contributed by atoms with Crippen LogP contribution >= 0.6 is 0 Å². The number of aromatic nitrogens is 2. The van der Waals surface area contributed by atoms with Gasteiger partial charge in [-0.1, -0.05) is 0 Å². The van der Waals surface area contributed by atoms with Crippen molar-refractivity contribution in [3.8, 4) is 0 Å². The number of amides is 2. The molecule has 0 aliphatic carbocycles. The lowest BCUT2D eigenvalue weighted by Crippen LogP contribution is -2.43. The summed E-state index contributed by atoms with van der Waals surface area (Å²) in [4.78, 5) is 21.6. The first-order valence-corrected chi connectivity index (χ1v) is 5.18. The summed E-state index contributed by atoms with van der Waals surface area (Å²) in [6.45, 7) is 4.24. The molecule has 0 aromatic carbocycles. The minimum Gasteiger partial charge on any atom is -0.378 e. The summed E-state index contributed by atoms with van der Waals surface area (Å²) < 4.78 is 5.17. The van der Waals surface area contributed by atoms with E-state index in [9.17, 15) is 4.79 Å². The SMILES string of the molecule is Cc1cncc(NC(=O)N2CCOCC2)n1. The highest BCUT2D eigenvalue weighted by molar-refractivity contribution is 5.88. The number of ether oxygens (including phenoxy) is 1. The molecule has 0 atom stereocenters. The van der Waals surface area contributed by atoms with Crippen LogP contribution in [0.1, 0.15) is 5.69 Å². The zero-order valence-electron chi connectivity index (χ0n) is 9.14. The van der Waals surface area contributed by atoms with Gasteiger partial charge < -0.3 is 9.64 Å². The number of hydrogen-bond donors (Lipinski definition) is 1. The normalized spacial score (nSPS) is 15.9. The molecule has 0 bridgehead atoms. The van der Waals surface area contributed by atoms with Crippen LogP contribution in [0.25, 0.3) is 0 Å². The molecule has 1 aliphatic heterocycles. The molecule has 1 aromatic rings. The first kappa shape index (κ1) is 10.8. The fraction of sp³-hybridized carbons (Fsp3) is 0.500. The summed E-state index contributed by atoms with van der Waals surface area (Å²) in [5, 5.41) is 2.71. The average Bonchev–Trinajstić information content (AvgIpc) is 2.30. The van der Waals surface area contributed by atoms with Crippen LogP contribution in [0.5, 0.6) is 0 Å². The van der Waals surface area contributed by atoms with E-state index in [0.717, 1.165) is 5.69 Å². The Morgan fingerprint density at radius 2 is 2.19 bits per heavy atom. The molecule has 0 radical (unpaired) electrons. The maximum Gasteiger partial charge on any atom is 0.323 e. The zero-order valence-corrected chi connectivity index (χ0v) is 9.14. The highest BCUT2D eigenvalue weighted by Crippen LogP contribution is 2.04. The van der Waals surface area contributed by atoms with Crippen molar-refractivity contribution in [3.05, 3.63) is 18.1 Å². The lowest BCUT2D eigenvalue weighted by Gasteiger charge is -2.26. The van der Waals surface area contributed by atoms with Crippen molar-refractivity contribution >= 4 is 11.8 Å².